The third kappa shape index (κ3) is 2.85. The third-order valence-corrected chi connectivity index (χ3v) is 3.03. The number of nitrogens with zero attached hydrogens (tertiary/aromatic N) is 1. The van der Waals surface area contributed by atoms with Gasteiger partial charge in [0.05, 0.1) is 12.8 Å². The van der Waals surface area contributed by atoms with Gasteiger partial charge < -0.3 is 20.1 Å². The molecule has 1 aliphatic rings. The fourth-order valence-electron chi connectivity index (χ4n) is 1.98. The second-order valence-electron chi connectivity index (χ2n) is 4.28. The Kier molecular flexibility index (Phi) is 3.92. The Labute approximate surface area is 106 Å². The highest BCUT2D eigenvalue weighted by molar-refractivity contribution is 5.78. The Morgan fingerprint density at radius 3 is 2.72 bits per heavy atom. The smallest absolute Gasteiger partial charge is 0.260 e. The van der Waals surface area contributed by atoms with Crippen molar-refractivity contribution >= 4 is 11.6 Å². The second-order valence-corrected chi connectivity index (χ2v) is 4.28. The Hall–Kier alpha value is -1.91. The van der Waals surface area contributed by atoms with E-state index >= 15 is 0 Å². The lowest BCUT2D eigenvalue weighted by atomic mass is 10.3. The molecule has 0 aliphatic carbocycles. The standard InChI is InChI=1S/C13H18N2O3/c1-17-10-4-5-12(11(14)8-10)18-9-13(16)15-6-2-3-7-15/h4-5,8H,2-3,6-7,9,14H2,1H3. The summed E-state index contributed by atoms with van der Waals surface area (Å²) in [4.78, 5) is 13.6. The Morgan fingerprint density at radius 1 is 1.39 bits per heavy atom. The first-order valence-electron chi connectivity index (χ1n) is 6.05. The number of nitrogen functional groups attached to an aromatic ring is 1. The van der Waals surface area contributed by atoms with E-state index in [4.69, 9.17) is 15.2 Å². The van der Waals surface area contributed by atoms with Gasteiger partial charge in [0.1, 0.15) is 11.5 Å². The van der Waals surface area contributed by atoms with Crippen LogP contribution >= 0.6 is 0 Å². The van der Waals surface area contributed by atoms with Crippen LogP contribution in [0, 0.1) is 0 Å². The van der Waals surface area contributed by atoms with Crippen molar-refractivity contribution in [2.75, 3.05) is 32.5 Å². The van der Waals surface area contributed by atoms with Gasteiger partial charge in [0.15, 0.2) is 6.61 Å². The zero-order valence-corrected chi connectivity index (χ0v) is 10.5. The maximum atomic E-state index is 11.8. The van der Waals surface area contributed by atoms with Gasteiger partial charge in [0.25, 0.3) is 5.91 Å². The second kappa shape index (κ2) is 5.62. The van der Waals surface area contributed by atoms with Gasteiger partial charge in [-0.3, -0.25) is 4.79 Å². The average Bonchev–Trinajstić information content (AvgIpc) is 2.90. The fourth-order valence-corrected chi connectivity index (χ4v) is 1.98. The third-order valence-electron chi connectivity index (χ3n) is 3.03. The molecule has 2 N–H and O–H groups in total. The van der Waals surface area contributed by atoms with E-state index in [0.717, 1.165) is 25.9 Å². The summed E-state index contributed by atoms with van der Waals surface area (Å²) in [6.07, 6.45) is 2.16. The lowest BCUT2D eigenvalue weighted by molar-refractivity contribution is -0.132. The van der Waals surface area contributed by atoms with Gasteiger partial charge in [-0.15, -0.1) is 0 Å². The number of hydrogen-bond acceptors (Lipinski definition) is 4. The van der Waals surface area contributed by atoms with Gasteiger partial charge in [0.2, 0.25) is 0 Å². The number of amides is 1. The van der Waals surface area contributed by atoms with Gasteiger partial charge in [0, 0.05) is 19.2 Å². The number of rotatable bonds is 4. The first-order valence-corrected chi connectivity index (χ1v) is 6.05. The van der Waals surface area contributed by atoms with Crippen LogP contribution in [0.5, 0.6) is 11.5 Å². The van der Waals surface area contributed by atoms with Crippen molar-refractivity contribution in [2.24, 2.45) is 0 Å². The quantitative estimate of drug-likeness (QED) is 0.817. The van der Waals surface area contributed by atoms with Crippen molar-refractivity contribution in [1.29, 1.82) is 0 Å². The maximum Gasteiger partial charge on any atom is 0.260 e. The molecule has 0 radical (unpaired) electrons. The van der Waals surface area contributed by atoms with Crippen LogP contribution in [0.4, 0.5) is 5.69 Å². The topological polar surface area (TPSA) is 64.8 Å². The van der Waals surface area contributed by atoms with Gasteiger partial charge in [-0.25, -0.2) is 0 Å². The largest absolute Gasteiger partial charge is 0.497 e. The number of anilines is 1. The van der Waals surface area contributed by atoms with Gasteiger partial charge in [-0.1, -0.05) is 0 Å². The maximum absolute atomic E-state index is 11.8. The normalized spacial score (nSPS) is 14.6. The predicted molar refractivity (Wildman–Crippen MR) is 68.7 cm³/mol. The van der Waals surface area contributed by atoms with Gasteiger partial charge >= 0.3 is 0 Å². The van der Waals surface area contributed by atoms with Crippen LogP contribution in [0.3, 0.4) is 0 Å². The molecule has 1 heterocycles. The summed E-state index contributed by atoms with van der Waals surface area (Å²) in [6.45, 7) is 1.71. The summed E-state index contributed by atoms with van der Waals surface area (Å²) in [6, 6.07) is 5.15. The van der Waals surface area contributed by atoms with Crippen molar-refractivity contribution < 1.29 is 14.3 Å². The lowest BCUT2D eigenvalue weighted by Crippen LogP contribution is -2.32. The Balaban J connectivity index is 1.91. The van der Waals surface area contributed by atoms with E-state index in [9.17, 15) is 4.79 Å². The molecule has 1 aliphatic heterocycles. The van der Waals surface area contributed by atoms with Gasteiger partial charge in [-0.05, 0) is 25.0 Å². The van der Waals surface area contributed by atoms with Crippen LogP contribution in [0.25, 0.3) is 0 Å². The molecule has 1 fully saturated rings. The van der Waals surface area contributed by atoms with E-state index < -0.39 is 0 Å². The van der Waals surface area contributed by atoms with Crippen molar-refractivity contribution in [3.05, 3.63) is 18.2 Å². The molecule has 0 spiro atoms. The van der Waals surface area contributed by atoms with Crippen LogP contribution in [0.2, 0.25) is 0 Å². The summed E-state index contributed by atoms with van der Waals surface area (Å²) in [5, 5.41) is 0. The monoisotopic (exact) mass is 250 g/mol. The molecule has 5 heteroatoms. The fraction of sp³-hybridized carbons (Fsp3) is 0.462. The molecule has 1 aromatic rings. The number of benzene rings is 1. The molecular weight excluding hydrogens is 232 g/mol. The lowest BCUT2D eigenvalue weighted by Gasteiger charge is -2.16. The SMILES string of the molecule is COc1ccc(OCC(=O)N2CCCC2)c(N)c1. The predicted octanol–water partition coefficient (Wildman–Crippen LogP) is 1.28. The summed E-state index contributed by atoms with van der Waals surface area (Å²) >= 11 is 0. The molecule has 1 amide bonds. The molecule has 0 unspecified atom stereocenters. The van der Waals surface area contributed by atoms with Crippen molar-refractivity contribution in [2.45, 2.75) is 12.8 Å². The minimum Gasteiger partial charge on any atom is -0.497 e. The minimum absolute atomic E-state index is 0.0164. The Morgan fingerprint density at radius 2 is 2.11 bits per heavy atom. The highest BCUT2D eigenvalue weighted by Gasteiger charge is 2.18. The minimum atomic E-state index is 0.0164. The van der Waals surface area contributed by atoms with E-state index in [2.05, 4.69) is 0 Å². The van der Waals surface area contributed by atoms with E-state index in [0.29, 0.717) is 17.2 Å². The van der Waals surface area contributed by atoms with Gasteiger partial charge in [-0.2, -0.15) is 0 Å². The molecule has 98 valence electrons. The van der Waals surface area contributed by atoms with Crippen LogP contribution in [-0.4, -0.2) is 37.6 Å². The number of methoxy groups -OCH3 is 1. The molecule has 0 saturated carbocycles. The summed E-state index contributed by atoms with van der Waals surface area (Å²) in [5.41, 5.74) is 6.28. The highest BCUT2D eigenvalue weighted by Crippen LogP contribution is 2.26. The molecule has 2 rings (SSSR count). The van der Waals surface area contributed by atoms with Crippen LogP contribution < -0.4 is 15.2 Å². The van der Waals surface area contributed by atoms with Crippen molar-refractivity contribution in [3.8, 4) is 11.5 Å². The molecule has 1 saturated heterocycles. The molecule has 1 aromatic carbocycles. The van der Waals surface area contributed by atoms with Crippen LogP contribution in [0.1, 0.15) is 12.8 Å². The zero-order valence-electron chi connectivity index (χ0n) is 10.5. The van der Waals surface area contributed by atoms with E-state index in [1.165, 1.54) is 0 Å². The van der Waals surface area contributed by atoms with E-state index in [1.54, 1.807) is 25.3 Å². The molecule has 0 bridgehead atoms. The number of carbonyl (C=O) groups is 1. The van der Waals surface area contributed by atoms with Crippen molar-refractivity contribution in [1.82, 2.24) is 4.90 Å². The zero-order chi connectivity index (χ0) is 13.0. The summed E-state index contributed by atoms with van der Waals surface area (Å²) in [5.74, 6) is 1.21. The van der Waals surface area contributed by atoms with Crippen LogP contribution in [0.15, 0.2) is 18.2 Å². The Bertz CT molecular complexity index is 428. The van der Waals surface area contributed by atoms with E-state index in [1.807, 2.05) is 4.90 Å². The first-order chi connectivity index (χ1) is 8.70. The molecule has 5 nitrogen and oxygen atoms in total. The number of carbonyl (C=O) groups excluding carboxylic acids is 1. The molecule has 0 aromatic heterocycles. The highest BCUT2D eigenvalue weighted by atomic mass is 16.5. The average molecular weight is 250 g/mol. The number of nitrogens with two attached hydrogens (primary N) is 1. The van der Waals surface area contributed by atoms with E-state index in [-0.39, 0.29) is 12.5 Å². The molecular formula is C13H18N2O3. The summed E-state index contributed by atoms with van der Waals surface area (Å²) < 4.78 is 10.5. The molecule has 18 heavy (non-hydrogen) atoms. The molecule has 0 atom stereocenters. The number of likely N-dealkylation sites (tertiary alicyclic amines) is 1. The number of hydrogen-bond donors (Lipinski definition) is 1. The summed E-state index contributed by atoms with van der Waals surface area (Å²) in [7, 11) is 1.58. The number of ether oxygens (including phenoxy) is 2. The first kappa shape index (κ1) is 12.5. The van der Waals surface area contributed by atoms with Crippen molar-refractivity contribution in [3.63, 3.8) is 0 Å². The van der Waals surface area contributed by atoms with Crippen LogP contribution in [-0.2, 0) is 4.79 Å².